The lowest BCUT2D eigenvalue weighted by Gasteiger charge is -2.26. The van der Waals surface area contributed by atoms with E-state index in [0.29, 0.717) is 18.1 Å². The lowest BCUT2D eigenvalue weighted by atomic mass is 9.79. The van der Waals surface area contributed by atoms with Crippen LogP contribution in [0.2, 0.25) is 0 Å². The number of Topliss-reactive ketones (excluding diaryl/α,β-unsaturated/α-hetero) is 1. The van der Waals surface area contributed by atoms with Crippen LogP contribution in [0.5, 0.6) is 5.75 Å². The minimum atomic E-state index is 0.211. The molecule has 0 saturated heterocycles. The van der Waals surface area contributed by atoms with E-state index in [0.717, 1.165) is 43.5 Å². The van der Waals surface area contributed by atoms with Crippen LogP contribution in [0.15, 0.2) is 18.2 Å². The van der Waals surface area contributed by atoms with Gasteiger partial charge in [0.2, 0.25) is 0 Å². The van der Waals surface area contributed by atoms with E-state index in [9.17, 15) is 4.79 Å². The Bertz CT molecular complexity index is 462. The van der Waals surface area contributed by atoms with E-state index in [2.05, 4.69) is 6.07 Å². The summed E-state index contributed by atoms with van der Waals surface area (Å²) >= 11 is 0. The summed E-state index contributed by atoms with van der Waals surface area (Å²) in [6.07, 6.45) is 4.67. The standard InChI is InChI=1S/C17H25NO2/c1-12-3-8-17(20-2)15(9-12)10-16(19)14-6-4-13(11-18)5-7-14/h3,8-9,13-14H,4-7,10-11,18H2,1-2H3. The highest BCUT2D eigenvalue weighted by atomic mass is 16.5. The highest BCUT2D eigenvalue weighted by molar-refractivity contribution is 5.84. The van der Waals surface area contributed by atoms with E-state index in [1.54, 1.807) is 7.11 Å². The average Bonchev–Trinajstić information content (AvgIpc) is 2.47. The van der Waals surface area contributed by atoms with Crippen molar-refractivity contribution in [3.05, 3.63) is 29.3 Å². The van der Waals surface area contributed by atoms with E-state index in [-0.39, 0.29) is 5.92 Å². The van der Waals surface area contributed by atoms with Gasteiger partial charge in [0.1, 0.15) is 11.5 Å². The molecule has 1 aromatic carbocycles. The van der Waals surface area contributed by atoms with E-state index in [1.807, 2.05) is 19.1 Å². The minimum Gasteiger partial charge on any atom is -0.496 e. The molecular weight excluding hydrogens is 250 g/mol. The Morgan fingerprint density at radius 1 is 1.30 bits per heavy atom. The first-order valence-electron chi connectivity index (χ1n) is 7.50. The number of ketones is 1. The van der Waals surface area contributed by atoms with E-state index < -0.39 is 0 Å². The number of carbonyl (C=O) groups is 1. The summed E-state index contributed by atoms with van der Waals surface area (Å²) in [5.41, 5.74) is 7.88. The second-order valence-electron chi connectivity index (χ2n) is 5.91. The third-order valence-electron chi connectivity index (χ3n) is 4.44. The van der Waals surface area contributed by atoms with Gasteiger partial charge in [0.05, 0.1) is 7.11 Å². The summed E-state index contributed by atoms with van der Waals surface area (Å²) in [5, 5.41) is 0. The first kappa shape index (κ1) is 15.0. The van der Waals surface area contributed by atoms with Gasteiger partial charge in [-0.05, 0) is 51.1 Å². The number of methoxy groups -OCH3 is 1. The van der Waals surface area contributed by atoms with Crippen LogP contribution in [0.25, 0.3) is 0 Å². The number of hydrogen-bond acceptors (Lipinski definition) is 3. The monoisotopic (exact) mass is 275 g/mol. The SMILES string of the molecule is COc1ccc(C)cc1CC(=O)C1CCC(CN)CC1. The summed E-state index contributed by atoms with van der Waals surface area (Å²) in [5.74, 6) is 2.00. The van der Waals surface area contributed by atoms with Gasteiger partial charge in [-0.3, -0.25) is 4.79 Å². The summed E-state index contributed by atoms with van der Waals surface area (Å²) in [6.45, 7) is 2.80. The average molecular weight is 275 g/mol. The summed E-state index contributed by atoms with van der Waals surface area (Å²) in [4.78, 5) is 12.5. The predicted molar refractivity (Wildman–Crippen MR) is 80.9 cm³/mol. The van der Waals surface area contributed by atoms with E-state index >= 15 is 0 Å². The molecule has 1 aromatic rings. The second-order valence-corrected chi connectivity index (χ2v) is 5.91. The Morgan fingerprint density at radius 2 is 2.00 bits per heavy atom. The first-order valence-corrected chi connectivity index (χ1v) is 7.50. The normalized spacial score (nSPS) is 22.6. The maximum Gasteiger partial charge on any atom is 0.140 e. The minimum absolute atomic E-state index is 0.211. The van der Waals surface area contributed by atoms with Crippen LogP contribution in [-0.2, 0) is 11.2 Å². The fraction of sp³-hybridized carbons (Fsp3) is 0.588. The van der Waals surface area contributed by atoms with Crippen molar-refractivity contribution in [3.63, 3.8) is 0 Å². The number of nitrogens with two attached hydrogens (primary N) is 1. The first-order chi connectivity index (χ1) is 9.63. The molecule has 0 aliphatic heterocycles. The van der Waals surface area contributed by atoms with Crippen molar-refractivity contribution in [1.82, 2.24) is 0 Å². The quantitative estimate of drug-likeness (QED) is 0.899. The highest BCUT2D eigenvalue weighted by Gasteiger charge is 2.26. The lowest BCUT2D eigenvalue weighted by Crippen LogP contribution is -2.26. The van der Waals surface area contributed by atoms with Gasteiger partial charge < -0.3 is 10.5 Å². The molecule has 0 aromatic heterocycles. The number of ether oxygens (including phenoxy) is 1. The maximum absolute atomic E-state index is 12.5. The number of aryl methyl sites for hydroxylation is 1. The molecule has 0 atom stereocenters. The van der Waals surface area contributed by atoms with Crippen LogP contribution >= 0.6 is 0 Å². The molecule has 0 heterocycles. The third-order valence-corrected chi connectivity index (χ3v) is 4.44. The fourth-order valence-corrected chi connectivity index (χ4v) is 3.10. The number of carbonyl (C=O) groups excluding carboxylic acids is 1. The molecule has 0 amide bonds. The van der Waals surface area contributed by atoms with Gasteiger partial charge in [-0.2, -0.15) is 0 Å². The van der Waals surface area contributed by atoms with Gasteiger partial charge in [0.25, 0.3) is 0 Å². The Kier molecular flexibility index (Phi) is 5.18. The van der Waals surface area contributed by atoms with Crippen molar-refractivity contribution >= 4 is 5.78 Å². The van der Waals surface area contributed by atoms with Crippen molar-refractivity contribution < 1.29 is 9.53 Å². The molecule has 1 fully saturated rings. The number of hydrogen-bond donors (Lipinski definition) is 1. The summed E-state index contributed by atoms with van der Waals surface area (Å²) in [6, 6.07) is 6.02. The maximum atomic E-state index is 12.5. The summed E-state index contributed by atoms with van der Waals surface area (Å²) < 4.78 is 5.35. The van der Waals surface area contributed by atoms with Crippen LogP contribution in [0.4, 0.5) is 0 Å². The molecule has 1 aliphatic carbocycles. The van der Waals surface area contributed by atoms with Crippen molar-refractivity contribution in [2.75, 3.05) is 13.7 Å². The van der Waals surface area contributed by atoms with E-state index in [1.165, 1.54) is 5.56 Å². The fourth-order valence-electron chi connectivity index (χ4n) is 3.10. The van der Waals surface area contributed by atoms with Gasteiger partial charge in [-0.15, -0.1) is 0 Å². The van der Waals surface area contributed by atoms with Crippen LogP contribution in [0.3, 0.4) is 0 Å². The van der Waals surface area contributed by atoms with Gasteiger partial charge in [0.15, 0.2) is 0 Å². The molecule has 3 nitrogen and oxygen atoms in total. The Labute approximate surface area is 121 Å². The van der Waals surface area contributed by atoms with Gasteiger partial charge in [0, 0.05) is 17.9 Å². The zero-order chi connectivity index (χ0) is 14.5. The molecule has 110 valence electrons. The Hall–Kier alpha value is -1.35. The topological polar surface area (TPSA) is 52.3 Å². The second kappa shape index (κ2) is 6.89. The van der Waals surface area contributed by atoms with Crippen LogP contribution in [-0.4, -0.2) is 19.4 Å². The largest absolute Gasteiger partial charge is 0.496 e. The van der Waals surface area contributed by atoms with Gasteiger partial charge >= 0.3 is 0 Å². The molecule has 20 heavy (non-hydrogen) atoms. The van der Waals surface area contributed by atoms with Gasteiger partial charge in [-0.1, -0.05) is 17.7 Å². The molecule has 2 N–H and O–H groups in total. The molecule has 3 heteroatoms. The van der Waals surface area contributed by atoms with Crippen molar-refractivity contribution in [2.45, 2.75) is 39.0 Å². The molecular formula is C17H25NO2. The molecule has 2 rings (SSSR count). The summed E-state index contributed by atoms with van der Waals surface area (Å²) in [7, 11) is 1.66. The smallest absolute Gasteiger partial charge is 0.140 e. The van der Waals surface area contributed by atoms with Crippen LogP contribution in [0, 0.1) is 18.8 Å². The van der Waals surface area contributed by atoms with Crippen molar-refractivity contribution in [2.24, 2.45) is 17.6 Å². The van der Waals surface area contributed by atoms with Crippen molar-refractivity contribution in [1.29, 1.82) is 0 Å². The lowest BCUT2D eigenvalue weighted by molar-refractivity contribution is -0.123. The van der Waals surface area contributed by atoms with Crippen LogP contribution in [0.1, 0.15) is 36.8 Å². The third kappa shape index (κ3) is 3.60. The van der Waals surface area contributed by atoms with Crippen LogP contribution < -0.4 is 10.5 Å². The molecule has 1 aliphatic rings. The Morgan fingerprint density at radius 3 is 2.60 bits per heavy atom. The molecule has 0 spiro atoms. The number of rotatable bonds is 5. The zero-order valence-electron chi connectivity index (χ0n) is 12.5. The molecule has 0 unspecified atom stereocenters. The highest BCUT2D eigenvalue weighted by Crippen LogP contribution is 2.30. The molecule has 0 bridgehead atoms. The predicted octanol–water partition coefficient (Wildman–Crippen LogP) is 2.88. The molecule has 0 radical (unpaired) electrons. The van der Waals surface area contributed by atoms with E-state index in [4.69, 9.17) is 10.5 Å². The van der Waals surface area contributed by atoms with Gasteiger partial charge in [-0.25, -0.2) is 0 Å². The number of benzene rings is 1. The molecule has 1 saturated carbocycles. The zero-order valence-corrected chi connectivity index (χ0v) is 12.5. The Balaban J connectivity index is 1.99. The van der Waals surface area contributed by atoms with Crippen molar-refractivity contribution in [3.8, 4) is 5.75 Å².